The molecule has 2 aliphatic heterocycles. The van der Waals surface area contributed by atoms with Gasteiger partial charge in [0.25, 0.3) is 0 Å². The lowest BCUT2D eigenvalue weighted by Crippen LogP contribution is -2.49. The van der Waals surface area contributed by atoms with E-state index >= 15 is 0 Å². The topological polar surface area (TPSA) is 46.3 Å². The number of thioether (sulfide) groups is 1. The van der Waals surface area contributed by atoms with Crippen molar-refractivity contribution >= 4 is 41.4 Å². The third-order valence-corrected chi connectivity index (χ3v) is 6.31. The highest BCUT2D eigenvalue weighted by Crippen LogP contribution is 2.41. The lowest BCUT2D eigenvalue weighted by molar-refractivity contribution is -0.134. The highest BCUT2D eigenvalue weighted by molar-refractivity contribution is 8.00. The van der Waals surface area contributed by atoms with Crippen LogP contribution in [0, 0.1) is 0 Å². The number of carbonyl (C=O) groups excluding carboxylic acids is 1. The number of amides is 1. The average Bonchev–Trinajstić information content (AvgIpc) is 2.94. The molecule has 0 spiro atoms. The second-order valence-electron chi connectivity index (χ2n) is 5.22. The second kappa shape index (κ2) is 7.16. The molecule has 0 aliphatic carbocycles. The number of likely N-dealkylation sites (tertiary alicyclic amines) is 1. The van der Waals surface area contributed by atoms with Crippen LogP contribution in [0.5, 0.6) is 0 Å². The van der Waals surface area contributed by atoms with Gasteiger partial charge in [-0.15, -0.1) is 35.5 Å². The molecule has 2 N–H and O–H groups in total. The molecule has 2 unspecified atom stereocenters. The van der Waals surface area contributed by atoms with E-state index in [9.17, 15) is 4.79 Å². The predicted octanol–water partition coefficient (Wildman–Crippen LogP) is 2.84. The molecular weight excluding hydrogens is 312 g/mol. The number of piperidine rings is 1. The molecule has 1 saturated heterocycles. The van der Waals surface area contributed by atoms with Crippen LogP contribution in [0.15, 0.2) is 11.4 Å². The fourth-order valence-corrected chi connectivity index (χ4v) is 5.40. The van der Waals surface area contributed by atoms with Crippen LogP contribution in [0.3, 0.4) is 0 Å². The summed E-state index contributed by atoms with van der Waals surface area (Å²) in [4.78, 5) is 16.3. The Balaban J connectivity index is 0.00000147. The Morgan fingerprint density at radius 2 is 2.30 bits per heavy atom. The summed E-state index contributed by atoms with van der Waals surface area (Å²) in [6.07, 6.45) is 4.50. The number of thiophene rings is 1. The molecule has 0 aromatic carbocycles. The first-order valence-electron chi connectivity index (χ1n) is 6.99. The largest absolute Gasteiger partial charge is 0.337 e. The van der Waals surface area contributed by atoms with Gasteiger partial charge in [0.1, 0.15) is 5.25 Å². The Kier molecular flexibility index (Phi) is 5.78. The summed E-state index contributed by atoms with van der Waals surface area (Å²) in [6, 6.07) is 2.39. The maximum Gasteiger partial charge on any atom is 0.240 e. The van der Waals surface area contributed by atoms with Crippen LogP contribution in [0.1, 0.15) is 35.0 Å². The van der Waals surface area contributed by atoms with Gasteiger partial charge in [0, 0.05) is 24.0 Å². The summed E-state index contributed by atoms with van der Waals surface area (Å²) in [6.45, 7) is 1.48. The maximum absolute atomic E-state index is 12.8. The Hall–Kier alpha value is -0.230. The smallest absolute Gasteiger partial charge is 0.240 e. The Bertz CT molecular complexity index is 466. The zero-order chi connectivity index (χ0) is 13.2. The van der Waals surface area contributed by atoms with Crippen molar-refractivity contribution in [2.75, 3.05) is 18.8 Å². The fourth-order valence-electron chi connectivity index (χ4n) is 3.04. The van der Waals surface area contributed by atoms with Crippen molar-refractivity contribution in [2.45, 2.75) is 37.0 Å². The molecule has 1 aromatic heterocycles. The molecule has 2 atom stereocenters. The SMILES string of the molecule is Cl.NCC1CCCCN1C(=O)C1SCCc2sccc21. The van der Waals surface area contributed by atoms with Gasteiger partial charge in [-0.05, 0) is 48.4 Å². The van der Waals surface area contributed by atoms with Gasteiger partial charge < -0.3 is 10.6 Å². The van der Waals surface area contributed by atoms with E-state index in [0.717, 1.165) is 31.6 Å². The van der Waals surface area contributed by atoms with E-state index in [1.54, 1.807) is 23.1 Å². The standard InChI is InChI=1S/C14H20N2OS2.ClH/c15-9-10-3-1-2-6-16(10)14(17)13-11-4-7-18-12(11)5-8-19-13;/h4,7,10,13H,1-3,5-6,8-9,15H2;1H. The van der Waals surface area contributed by atoms with Crippen molar-refractivity contribution in [2.24, 2.45) is 5.73 Å². The molecule has 20 heavy (non-hydrogen) atoms. The van der Waals surface area contributed by atoms with E-state index in [-0.39, 0.29) is 23.7 Å². The molecule has 112 valence electrons. The number of fused-ring (bicyclic) bond motifs is 1. The number of nitrogens with two attached hydrogens (primary N) is 1. The quantitative estimate of drug-likeness (QED) is 0.905. The Labute approximate surface area is 134 Å². The van der Waals surface area contributed by atoms with E-state index in [0.29, 0.717) is 12.5 Å². The van der Waals surface area contributed by atoms with Crippen molar-refractivity contribution in [3.8, 4) is 0 Å². The second-order valence-corrected chi connectivity index (χ2v) is 7.43. The van der Waals surface area contributed by atoms with Gasteiger partial charge in [-0.3, -0.25) is 4.79 Å². The molecule has 2 aliphatic rings. The number of halogens is 1. The van der Waals surface area contributed by atoms with E-state index in [2.05, 4.69) is 11.4 Å². The van der Waals surface area contributed by atoms with Gasteiger partial charge >= 0.3 is 0 Å². The van der Waals surface area contributed by atoms with Crippen LogP contribution < -0.4 is 5.73 Å². The molecule has 3 heterocycles. The zero-order valence-corrected chi connectivity index (χ0v) is 13.9. The van der Waals surface area contributed by atoms with Crippen LogP contribution in [0.2, 0.25) is 0 Å². The molecule has 1 aromatic rings. The molecule has 6 heteroatoms. The van der Waals surface area contributed by atoms with Crippen molar-refractivity contribution in [3.63, 3.8) is 0 Å². The molecule has 1 amide bonds. The minimum atomic E-state index is 0. The Morgan fingerprint density at radius 3 is 3.10 bits per heavy atom. The molecule has 0 radical (unpaired) electrons. The number of carbonyl (C=O) groups is 1. The number of hydrogen-bond acceptors (Lipinski definition) is 4. The molecule has 1 fully saturated rings. The highest BCUT2D eigenvalue weighted by atomic mass is 35.5. The molecular formula is C14H21ClN2OS2. The predicted molar refractivity (Wildman–Crippen MR) is 88.9 cm³/mol. The summed E-state index contributed by atoms with van der Waals surface area (Å²) in [5.41, 5.74) is 7.09. The first kappa shape index (κ1) is 16.1. The number of nitrogens with zero attached hydrogens (tertiary/aromatic N) is 1. The first-order valence-corrected chi connectivity index (χ1v) is 8.92. The van der Waals surface area contributed by atoms with Crippen molar-refractivity contribution in [1.82, 2.24) is 4.90 Å². The Morgan fingerprint density at radius 1 is 1.45 bits per heavy atom. The first-order chi connectivity index (χ1) is 9.31. The van der Waals surface area contributed by atoms with Gasteiger partial charge in [-0.25, -0.2) is 0 Å². The number of rotatable bonds is 2. The van der Waals surface area contributed by atoms with Gasteiger partial charge in [0.05, 0.1) is 0 Å². The van der Waals surface area contributed by atoms with Crippen LogP contribution in [-0.2, 0) is 11.2 Å². The van der Waals surface area contributed by atoms with E-state index in [1.807, 2.05) is 4.90 Å². The van der Waals surface area contributed by atoms with E-state index in [1.165, 1.54) is 16.9 Å². The van der Waals surface area contributed by atoms with Crippen LogP contribution >= 0.6 is 35.5 Å². The lowest BCUT2D eigenvalue weighted by atomic mass is 10.0. The summed E-state index contributed by atoms with van der Waals surface area (Å²) in [7, 11) is 0. The van der Waals surface area contributed by atoms with E-state index < -0.39 is 0 Å². The van der Waals surface area contributed by atoms with Crippen molar-refractivity contribution in [3.05, 3.63) is 21.9 Å². The molecule has 3 rings (SSSR count). The van der Waals surface area contributed by atoms with E-state index in [4.69, 9.17) is 5.73 Å². The lowest BCUT2D eigenvalue weighted by Gasteiger charge is -2.38. The maximum atomic E-state index is 12.8. The fraction of sp³-hybridized carbons (Fsp3) is 0.643. The third-order valence-electron chi connectivity index (χ3n) is 4.08. The van der Waals surface area contributed by atoms with Crippen LogP contribution in [-0.4, -0.2) is 35.7 Å². The highest BCUT2D eigenvalue weighted by Gasteiger charge is 2.34. The normalized spacial score (nSPS) is 25.8. The summed E-state index contributed by atoms with van der Waals surface area (Å²) >= 11 is 3.59. The van der Waals surface area contributed by atoms with Crippen molar-refractivity contribution < 1.29 is 4.79 Å². The average molecular weight is 333 g/mol. The van der Waals surface area contributed by atoms with Gasteiger partial charge in [-0.2, -0.15) is 0 Å². The minimum absolute atomic E-state index is 0. The van der Waals surface area contributed by atoms with Gasteiger partial charge in [0.15, 0.2) is 0 Å². The zero-order valence-electron chi connectivity index (χ0n) is 11.4. The van der Waals surface area contributed by atoms with Crippen LogP contribution in [0.4, 0.5) is 0 Å². The number of aryl methyl sites for hydroxylation is 1. The van der Waals surface area contributed by atoms with Crippen LogP contribution in [0.25, 0.3) is 0 Å². The summed E-state index contributed by atoms with van der Waals surface area (Å²) in [5.74, 6) is 1.35. The molecule has 3 nitrogen and oxygen atoms in total. The summed E-state index contributed by atoms with van der Waals surface area (Å²) < 4.78 is 0. The van der Waals surface area contributed by atoms with Gasteiger partial charge in [-0.1, -0.05) is 0 Å². The van der Waals surface area contributed by atoms with Crippen molar-refractivity contribution in [1.29, 1.82) is 0 Å². The molecule has 0 saturated carbocycles. The summed E-state index contributed by atoms with van der Waals surface area (Å²) in [5, 5.41) is 2.13. The van der Waals surface area contributed by atoms with Gasteiger partial charge in [0.2, 0.25) is 5.91 Å². The monoisotopic (exact) mass is 332 g/mol. The minimum Gasteiger partial charge on any atom is -0.337 e. The number of hydrogen-bond donors (Lipinski definition) is 1. The molecule has 0 bridgehead atoms. The third kappa shape index (κ3) is 3.01.